The Morgan fingerprint density at radius 1 is 0.726 bits per heavy atom. The number of allylic oxidation sites excluding steroid dienone is 12. The van der Waals surface area contributed by atoms with E-state index < -0.39 is 159 Å². The van der Waals surface area contributed by atoms with E-state index in [4.69, 9.17) is 24.7 Å². The number of urea groups is 1. The summed E-state index contributed by atoms with van der Waals surface area (Å²) in [6.07, 6.45) is 2.35. The Kier molecular flexibility index (Phi) is 27.5. The minimum Gasteiger partial charge on any atom is -0.462 e. The van der Waals surface area contributed by atoms with E-state index >= 15 is 0 Å². The van der Waals surface area contributed by atoms with Gasteiger partial charge in [-0.05, 0) is 46.5 Å². The van der Waals surface area contributed by atoms with E-state index in [1.54, 1.807) is 86.8 Å². The number of ketones is 1. The predicted octanol–water partition coefficient (Wildman–Crippen LogP) is 0.0187. The molecule has 2 amide bonds. The molecular weight excluding hydrogens is 955 g/mol. The number of fused-ring (bicyclic) bond motifs is 2. The highest BCUT2D eigenvalue weighted by Crippen LogP contribution is 2.35. The van der Waals surface area contributed by atoms with Crippen LogP contribution < -0.4 is 16.4 Å². The van der Waals surface area contributed by atoms with Crippen molar-refractivity contribution in [1.29, 1.82) is 0 Å². The second-order valence-electron chi connectivity index (χ2n) is 19.5. The Balaban J connectivity index is 1.93. The molecule has 0 radical (unpaired) electrons. The number of aliphatic hydroxyl groups is 11. The number of aliphatic hydroxyl groups excluding tert-OH is 10. The number of nitrogens with one attached hydrogen (secondary N) is 2. The number of carbonyl (C=O) groups is 3. The van der Waals surface area contributed by atoms with Crippen molar-refractivity contribution in [3.63, 3.8) is 0 Å². The average molecular weight is 1040 g/mol. The zero-order chi connectivity index (χ0) is 54.4. The fourth-order valence-electron chi connectivity index (χ4n) is 8.56. The van der Waals surface area contributed by atoms with Gasteiger partial charge in [0.1, 0.15) is 18.3 Å². The summed E-state index contributed by atoms with van der Waals surface area (Å²) in [4.78, 5) is 37.4. The lowest BCUT2D eigenvalue weighted by Gasteiger charge is -2.46. The molecule has 3 rings (SSSR count). The maximum absolute atomic E-state index is 13.2. The number of carbonyl (C=O) groups excluding carboxylic acids is 3. The first-order valence-corrected chi connectivity index (χ1v) is 25.1. The van der Waals surface area contributed by atoms with Gasteiger partial charge in [0.25, 0.3) is 0 Å². The molecule has 15 N–H and O–H groups in total. The molecule has 0 aromatic carbocycles. The molecule has 2 saturated heterocycles. The fourth-order valence-corrected chi connectivity index (χ4v) is 8.56. The number of ether oxygens (including phenoxy) is 4. The van der Waals surface area contributed by atoms with Gasteiger partial charge in [0.15, 0.2) is 17.9 Å². The third-order valence-corrected chi connectivity index (χ3v) is 13.2. The van der Waals surface area contributed by atoms with Gasteiger partial charge in [0, 0.05) is 44.1 Å². The Labute approximate surface area is 428 Å². The monoisotopic (exact) mass is 1040 g/mol. The quantitative estimate of drug-likeness (QED) is 0.149. The van der Waals surface area contributed by atoms with E-state index in [0.29, 0.717) is 0 Å². The molecule has 20 atom stereocenters. The first-order chi connectivity index (χ1) is 34.4. The predicted molar refractivity (Wildman–Crippen MR) is 267 cm³/mol. The van der Waals surface area contributed by atoms with E-state index in [-0.39, 0.29) is 44.6 Å². The smallest absolute Gasteiger partial charge is 0.315 e. The van der Waals surface area contributed by atoms with Crippen molar-refractivity contribution in [2.45, 2.75) is 202 Å². The normalized spacial score (nSPS) is 42.1. The number of nitrogens with two attached hydrogens (primary N) is 1. The lowest BCUT2D eigenvalue weighted by Crippen LogP contribution is -2.64. The van der Waals surface area contributed by atoms with E-state index in [1.165, 1.54) is 13.8 Å². The van der Waals surface area contributed by atoms with Crippen molar-refractivity contribution in [2.24, 2.45) is 17.6 Å². The van der Waals surface area contributed by atoms with Crippen LogP contribution in [0, 0.1) is 11.8 Å². The molecule has 73 heavy (non-hydrogen) atoms. The van der Waals surface area contributed by atoms with Gasteiger partial charge in [-0.15, -0.1) is 0 Å². The highest BCUT2D eigenvalue weighted by Gasteiger charge is 2.49. The zero-order valence-electron chi connectivity index (χ0n) is 42.5. The Hall–Kier alpha value is -4.01. The van der Waals surface area contributed by atoms with Crippen LogP contribution in [0.3, 0.4) is 0 Å². The van der Waals surface area contributed by atoms with Crippen molar-refractivity contribution in [3.05, 3.63) is 85.1 Å². The molecule has 2 fully saturated rings. The van der Waals surface area contributed by atoms with Crippen LogP contribution in [0.25, 0.3) is 0 Å². The lowest BCUT2D eigenvalue weighted by molar-refractivity contribution is -0.303. The number of Topliss-reactive ketones (excluding diaryl/α,β-unsaturated/α-hetero) is 1. The minimum atomic E-state index is -2.32. The molecule has 3 aliphatic heterocycles. The summed E-state index contributed by atoms with van der Waals surface area (Å²) in [6, 6.07) is -3.27. The highest BCUT2D eigenvalue weighted by molar-refractivity contribution is 5.80. The van der Waals surface area contributed by atoms with E-state index in [9.17, 15) is 70.6 Å². The number of amides is 2. The molecule has 0 spiro atoms. The number of hydrogen-bond acceptors (Lipinski definition) is 19. The molecular formula is C52H83N3O18. The standard InChI is InChI=1S/C52H83N3O18/c1-30-18-16-14-12-10-8-6-7-9-11-13-15-17-19-38(72-50-49(67)45(53)48(66)34(5)71-50)27-43-46(55-51(68)54-23-22-39(60)32(3)56)42(63)29-52(69,73-43)28-37(59)25-41(62)40(61)21-20-35(57)24-36(58)26-44(64)70-33(4)31(2)47(30)65/h6-19,30-31,33-43,45-50,57-63,65-67,69H,20-29,53H2,1-5H3,(H2,54,55,68)/b7-6+,10-8+,11-9+,14-12+,15-13+,18-16+,19-17+/t30-,31-,33-,34+,35+,36+,37-,38-,39+,40+,41+,42-,43-,45-,46+,47+,48+,49-,50-,52+/m0/s1. The first kappa shape index (κ1) is 63.3. The second kappa shape index (κ2) is 31.8. The summed E-state index contributed by atoms with van der Waals surface area (Å²) < 4.78 is 23.7. The summed E-state index contributed by atoms with van der Waals surface area (Å²) in [5.41, 5.74) is 6.10. The molecule has 21 heteroatoms. The van der Waals surface area contributed by atoms with Gasteiger partial charge in [-0.3, -0.25) is 9.59 Å². The van der Waals surface area contributed by atoms with Gasteiger partial charge in [0.05, 0.1) is 85.6 Å². The van der Waals surface area contributed by atoms with Gasteiger partial charge in [-0.2, -0.15) is 0 Å². The molecule has 0 aromatic heterocycles. The van der Waals surface area contributed by atoms with E-state index in [2.05, 4.69) is 10.6 Å². The van der Waals surface area contributed by atoms with Crippen molar-refractivity contribution < 1.29 is 89.5 Å². The van der Waals surface area contributed by atoms with Gasteiger partial charge >= 0.3 is 12.0 Å². The fraction of sp³-hybridized carbons (Fsp3) is 0.673. The first-order valence-electron chi connectivity index (χ1n) is 25.1. The minimum absolute atomic E-state index is 0.104. The summed E-state index contributed by atoms with van der Waals surface area (Å²) in [7, 11) is 0. The van der Waals surface area contributed by atoms with Crippen molar-refractivity contribution >= 4 is 17.8 Å². The average Bonchev–Trinajstić information content (AvgIpc) is 3.31. The third-order valence-electron chi connectivity index (χ3n) is 13.2. The van der Waals surface area contributed by atoms with Crippen molar-refractivity contribution in [1.82, 2.24) is 10.6 Å². The number of cyclic esters (lactones) is 1. The summed E-state index contributed by atoms with van der Waals surface area (Å²) >= 11 is 0. The maximum Gasteiger partial charge on any atom is 0.315 e. The van der Waals surface area contributed by atoms with E-state index in [0.717, 1.165) is 0 Å². The zero-order valence-corrected chi connectivity index (χ0v) is 42.5. The van der Waals surface area contributed by atoms with Crippen LogP contribution in [0.15, 0.2) is 85.1 Å². The highest BCUT2D eigenvalue weighted by atomic mass is 16.7. The van der Waals surface area contributed by atoms with Crippen LogP contribution in [0.5, 0.6) is 0 Å². The van der Waals surface area contributed by atoms with Crippen LogP contribution >= 0.6 is 0 Å². The van der Waals surface area contributed by atoms with Gasteiger partial charge < -0.3 is 91.5 Å². The summed E-state index contributed by atoms with van der Waals surface area (Å²) in [6.45, 7) is 7.81. The van der Waals surface area contributed by atoms with Gasteiger partial charge in [-0.25, -0.2) is 4.79 Å². The topological polar surface area (TPSA) is 361 Å². The molecule has 0 unspecified atom stereocenters. The van der Waals surface area contributed by atoms with Crippen LogP contribution in [0.1, 0.15) is 92.4 Å². The molecule has 2 bridgehead atoms. The van der Waals surface area contributed by atoms with Crippen LogP contribution in [0.2, 0.25) is 0 Å². The molecule has 0 aromatic rings. The SMILES string of the molecule is CC(=O)[C@H](O)CCNC(=O)N[C@H]1[C@@H]2C[C@@H](O[C@@H]3O[C@H](C)[C@@H](O)[C@H](N)[C@@H]3O)/C=C/C=C/C=C/C=C/C=C/C=C/C=C/[C@H](C)[C@@H](O)[C@@H](C)[C@H](C)OC(=O)C[C@H](O)C[C@H](O)CC[C@@H](O)[C@H](O)C[C@H](O)C[C@](O)(C[C@@H]1O)O2. The van der Waals surface area contributed by atoms with Gasteiger partial charge in [-0.1, -0.05) is 98.9 Å². The number of hydrogen-bond donors (Lipinski definition) is 14. The maximum atomic E-state index is 13.2. The Morgan fingerprint density at radius 2 is 1.32 bits per heavy atom. The van der Waals surface area contributed by atoms with Crippen molar-refractivity contribution in [2.75, 3.05) is 6.54 Å². The largest absolute Gasteiger partial charge is 0.462 e. The van der Waals surface area contributed by atoms with Crippen molar-refractivity contribution in [3.8, 4) is 0 Å². The molecule has 0 aliphatic carbocycles. The van der Waals surface area contributed by atoms with Crippen LogP contribution in [-0.4, -0.2) is 190 Å². The summed E-state index contributed by atoms with van der Waals surface area (Å²) in [5, 5.41) is 125. The molecule has 0 saturated carbocycles. The van der Waals surface area contributed by atoms with Gasteiger partial charge in [0.2, 0.25) is 0 Å². The van der Waals surface area contributed by atoms with E-state index in [1.807, 2.05) is 19.1 Å². The molecule has 3 heterocycles. The van der Waals surface area contributed by atoms with Crippen LogP contribution in [-0.2, 0) is 28.5 Å². The molecule has 414 valence electrons. The van der Waals surface area contributed by atoms with Crippen LogP contribution in [0.4, 0.5) is 4.79 Å². The summed E-state index contributed by atoms with van der Waals surface area (Å²) in [5.74, 6) is -4.31. The second-order valence-corrected chi connectivity index (χ2v) is 19.5. The number of rotatable bonds is 7. The Bertz CT molecular complexity index is 1900. The Morgan fingerprint density at radius 3 is 1.92 bits per heavy atom. The molecule has 21 nitrogen and oxygen atoms in total. The lowest BCUT2D eigenvalue weighted by atomic mass is 9.87. The number of esters is 1. The third kappa shape index (κ3) is 22.4. The molecule has 3 aliphatic rings.